The molecule has 1 amide bonds. The third-order valence-electron chi connectivity index (χ3n) is 3.88. The van der Waals surface area contributed by atoms with E-state index in [1.54, 1.807) is 6.07 Å². The van der Waals surface area contributed by atoms with E-state index in [0.717, 1.165) is 11.1 Å². The van der Waals surface area contributed by atoms with E-state index in [1.807, 2.05) is 26.0 Å². The molecule has 138 valence electrons. The molecule has 2 aromatic rings. The maximum absolute atomic E-state index is 12.2. The Kier molecular flexibility index (Phi) is 6.46. The number of hydrogen-bond donors (Lipinski definition) is 1. The van der Waals surface area contributed by atoms with Gasteiger partial charge in [-0.25, -0.2) is 4.79 Å². The van der Waals surface area contributed by atoms with Crippen LogP contribution in [-0.2, 0) is 9.53 Å². The van der Waals surface area contributed by atoms with Gasteiger partial charge in [-0.05, 0) is 37.1 Å². The summed E-state index contributed by atoms with van der Waals surface area (Å²) in [5, 5.41) is 2.83. The first-order chi connectivity index (χ1) is 12.4. The number of ether oxygens (including phenoxy) is 3. The summed E-state index contributed by atoms with van der Waals surface area (Å²) < 4.78 is 15.4. The van der Waals surface area contributed by atoms with Crippen LogP contribution in [0.4, 0.5) is 5.69 Å². The Balaban J connectivity index is 2.11. The molecule has 0 fully saturated rings. The zero-order valence-corrected chi connectivity index (χ0v) is 15.8. The standard InChI is InChI=1S/C19H20ClNO5/c1-11-6-5-7-16(12(11)2)26-10-18(22)21-15-9-17(24-3)13(8-14(15)20)19(23)25-4/h5-9H,10H2,1-4H3,(H,21,22). The summed E-state index contributed by atoms with van der Waals surface area (Å²) in [4.78, 5) is 23.9. The Morgan fingerprint density at radius 1 is 1.12 bits per heavy atom. The van der Waals surface area contributed by atoms with Crippen LogP contribution in [0.15, 0.2) is 30.3 Å². The van der Waals surface area contributed by atoms with Crippen molar-refractivity contribution in [3.05, 3.63) is 52.0 Å². The van der Waals surface area contributed by atoms with Crippen molar-refractivity contribution in [1.29, 1.82) is 0 Å². The van der Waals surface area contributed by atoms with Crippen LogP contribution in [0.2, 0.25) is 5.02 Å². The van der Waals surface area contributed by atoms with Crippen molar-refractivity contribution in [2.45, 2.75) is 13.8 Å². The highest BCUT2D eigenvalue weighted by Crippen LogP contribution is 2.31. The number of esters is 1. The molecule has 1 N–H and O–H groups in total. The SMILES string of the molecule is COC(=O)c1cc(Cl)c(NC(=O)COc2cccc(C)c2C)cc1OC. The molecule has 6 nitrogen and oxygen atoms in total. The number of anilines is 1. The minimum absolute atomic E-state index is 0.171. The highest BCUT2D eigenvalue weighted by molar-refractivity contribution is 6.34. The van der Waals surface area contributed by atoms with Gasteiger partial charge in [0.1, 0.15) is 17.1 Å². The third kappa shape index (κ3) is 4.46. The van der Waals surface area contributed by atoms with Crippen LogP contribution < -0.4 is 14.8 Å². The van der Waals surface area contributed by atoms with Crippen LogP contribution in [0.5, 0.6) is 11.5 Å². The van der Waals surface area contributed by atoms with Crippen molar-refractivity contribution in [3.8, 4) is 11.5 Å². The highest BCUT2D eigenvalue weighted by Gasteiger charge is 2.17. The second-order valence-electron chi connectivity index (χ2n) is 5.56. The van der Waals surface area contributed by atoms with Crippen molar-refractivity contribution in [2.24, 2.45) is 0 Å². The molecule has 0 saturated heterocycles. The number of methoxy groups -OCH3 is 2. The number of carbonyl (C=O) groups is 2. The average molecular weight is 378 g/mol. The fraction of sp³-hybridized carbons (Fsp3) is 0.263. The average Bonchev–Trinajstić information content (AvgIpc) is 2.63. The van der Waals surface area contributed by atoms with E-state index in [0.29, 0.717) is 11.4 Å². The molecule has 0 spiro atoms. The molecule has 0 heterocycles. The van der Waals surface area contributed by atoms with Crippen molar-refractivity contribution < 1.29 is 23.8 Å². The normalized spacial score (nSPS) is 10.2. The molecule has 2 rings (SSSR count). The van der Waals surface area contributed by atoms with Crippen molar-refractivity contribution in [3.63, 3.8) is 0 Å². The lowest BCUT2D eigenvalue weighted by Crippen LogP contribution is -2.21. The molecule has 0 radical (unpaired) electrons. The zero-order chi connectivity index (χ0) is 19.3. The molecule has 0 bridgehead atoms. The second-order valence-corrected chi connectivity index (χ2v) is 5.97. The molecular formula is C19H20ClNO5. The first kappa shape index (κ1) is 19.6. The molecule has 0 atom stereocenters. The topological polar surface area (TPSA) is 73.9 Å². The van der Waals surface area contributed by atoms with E-state index >= 15 is 0 Å². The predicted molar refractivity (Wildman–Crippen MR) is 99.4 cm³/mol. The number of benzene rings is 2. The van der Waals surface area contributed by atoms with E-state index in [1.165, 1.54) is 26.4 Å². The van der Waals surface area contributed by atoms with Gasteiger partial charge >= 0.3 is 5.97 Å². The van der Waals surface area contributed by atoms with E-state index in [4.69, 9.17) is 21.1 Å². The first-order valence-corrected chi connectivity index (χ1v) is 8.20. The molecule has 0 saturated carbocycles. The van der Waals surface area contributed by atoms with Gasteiger partial charge in [0.2, 0.25) is 0 Å². The molecule has 2 aromatic carbocycles. The first-order valence-electron chi connectivity index (χ1n) is 7.82. The minimum Gasteiger partial charge on any atom is -0.496 e. The van der Waals surface area contributed by atoms with Crippen LogP contribution in [0.3, 0.4) is 0 Å². The van der Waals surface area contributed by atoms with Crippen LogP contribution >= 0.6 is 11.6 Å². The van der Waals surface area contributed by atoms with Gasteiger partial charge in [0.05, 0.1) is 24.9 Å². The maximum Gasteiger partial charge on any atom is 0.341 e. The number of halogens is 1. The molecule has 0 aliphatic heterocycles. The van der Waals surface area contributed by atoms with E-state index in [-0.39, 0.29) is 28.8 Å². The number of hydrogen-bond acceptors (Lipinski definition) is 5. The number of amides is 1. The number of aryl methyl sites for hydroxylation is 1. The number of carbonyl (C=O) groups excluding carboxylic acids is 2. The summed E-state index contributed by atoms with van der Waals surface area (Å²) in [5.41, 5.74) is 2.53. The van der Waals surface area contributed by atoms with E-state index < -0.39 is 5.97 Å². The Labute approximate surface area is 157 Å². The number of rotatable bonds is 6. The molecule has 0 aromatic heterocycles. The summed E-state index contributed by atoms with van der Waals surface area (Å²) in [6.45, 7) is 3.72. The lowest BCUT2D eigenvalue weighted by atomic mass is 10.1. The third-order valence-corrected chi connectivity index (χ3v) is 4.19. The van der Waals surface area contributed by atoms with Gasteiger partial charge in [0.25, 0.3) is 5.91 Å². The van der Waals surface area contributed by atoms with Gasteiger partial charge in [-0.1, -0.05) is 23.7 Å². The van der Waals surface area contributed by atoms with Crippen LogP contribution in [0.25, 0.3) is 0 Å². The molecule has 0 unspecified atom stereocenters. The van der Waals surface area contributed by atoms with Gasteiger partial charge in [0.15, 0.2) is 6.61 Å². The van der Waals surface area contributed by atoms with Gasteiger partial charge in [0, 0.05) is 6.07 Å². The largest absolute Gasteiger partial charge is 0.496 e. The minimum atomic E-state index is -0.583. The van der Waals surface area contributed by atoms with Gasteiger partial charge in [-0.3, -0.25) is 4.79 Å². The van der Waals surface area contributed by atoms with E-state index in [2.05, 4.69) is 10.1 Å². The Morgan fingerprint density at radius 2 is 1.85 bits per heavy atom. The molecule has 0 aliphatic rings. The van der Waals surface area contributed by atoms with Gasteiger partial charge < -0.3 is 19.5 Å². The fourth-order valence-corrected chi connectivity index (χ4v) is 2.51. The Morgan fingerprint density at radius 3 is 2.50 bits per heavy atom. The van der Waals surface area contributed by atoms with Gasteiger partial charge in [-0.15, -0.1) is 0 Å². The molecular weight excluding hydrogens is 358 g/mol. The quantitative estimate of drug-likeness (QED) is 0.776. The van der Waals surface area contributed by atoms with Gasteiger partial charge in [-0.2, -0.15) is 0 Å². The number of nitrogens with one attached hydrogen (secondary N) is 1. The van der Waals surface area contributed by atoms with Crippen molar-refractivity contribution in [2.75, 3.05) is 26.1 Å². The molecule has 26 heavy (non-hydrogen) atoms. The smallest absolute Gasteiger partial charge is 0.341 e. The summed E-state index contributed by atoms with van der Waals surface area (Å²) in [5.74, 6) is -0.0857. The summed E-state index contributed by atoms with van der Waals surface area (Å²) >= 11 is 6.15. The Bertz CT molecular complexity index is 835. The summed E-state index contributed by atoms with van der Waals surface area (Å²) in [7, 11) is 2.67. The van der Waals surface area contributed by atoms with Crippen molar-refractivity contribution in [1.82, 2.24) is 0 Å². The Hall–Kier alpha value is -2.73. The van der Waals surface area contributed by atoms with E-state index in [9.17, 15) is 9.59 Å². The maximum atomic E-state index is 12.2. The predicted octanol–water partition coefficient (Wildman–Crippen LogP) is 3.77. The fourth-order valence-electron chi connectivity index (χ4n) is 2.30. The molecule has 7 heteroatoms. The van der Waals surface area contributed by atoms with Crippen molar-refractivity contribution >= 4 is 29.2 Å². The molecule has 0 aliphatic carbocycles. The highest BCUT2D eigenvalue weighted by atomic mass is 35.5. The summed E-state index contributed by atoms with van der Waals surface area (Å²) in [6.07, 6.45) is 0. The lowest BCUT2D eigenvalue weighted by Gasteiger charge is -2.14. The zero-order valence-electron chi connectivity index (χ0n) is 15.0. The van der Waals surface area contributed by atoms with Crippen LogP contribution in [0.1, 0.15) is 21.5 Å². The monoisotopic (exact) mass is 377 g/mol. The summed E-state index contributed by atoms with van der Waals surface area (Å²) in [6, 6.07) is 8.48. The van der Waals surface area contributed by atoms with Crippen LogP contribution in [0, 0.1) is 13.8 Å². The lowest BCUT2D eigenvalue weighted by molar-refractivity contribution is -0.118. The van der Waals surface area contributed by atoms with Crippen LogP contribution in [-0.4, -0.2) is 32.7 Å². The second kappa shape index (κ2) is 8.58.